The summed E-state index contributed by atoms with van der Waals surface area (Å²) in [5.41, 5.74) is 3.00. The zero-order valence-electron chi connectivity index (χ0n) is 10.8. The van der Waals surface area contributed by atoms with Gasteiger partial charge in [0.1, 0.15) is 5.76 Å². The molecule has 0 bridgehead atoms. The van der Waals surface area contributed by atoms with Gasteiger partial charge in [0.15, 0.2) is 0 Å². The van der Waals surface area contributed by atoms with E-state index >= 15 is 0 Å². The van der Waals surface area contributed by atoms with Gasteiger partial charge in [-0.05, 0) is 44.1 Å². The molecule has 1 aromatic rings. The highest BCUT2D eigenvalue weighted by Crippen LogP contribution is 2.60. The third kappa shape index (κ3) is 1.20. The van der Waals surface area contributed by atoms with E-state index in [9.17, 15) is 0 Å². The van der Waals surface area contributed by atoms with Crippen molar-refractivity contribution >= 4 is 0 Å². The highest BCUT2D eigenvalue weighted by molar-refractivity contribution is 5.38. The maximum absolute atomic E-state index is 6.02. The van der Waals surface area contributed by atoms with E-state index < -0.39 is 0 Å². The normalized spacial score (nSPS) is 47.0. The first-order chi connectivity index (χ1) is 8.10. The maximum atomic E-state index is 6.02. The molecule has 17 heavy (non-hydrogen) atoms. The number of fused-ring (bicyclic) bond motifs is 5. The second-order valence-electron chi connectivity index (χ2n) is 6.52. The van der Waals surface area contributed by atoms with Crippen LogP contribution >= 0.6 is 0 Å². The van der Waals surface area contributed by atoms with Crippen molar-refractivity contribution in [2.24, 2.45) is 11.8 Å². The number of ether oxygens (including phenoxy) is 1. The third-order valence-corrected chi connectivity index (χ3v) is 5.38. The Bertz CT molecular complexity index is 475. The zero-order valence-corrected chi connectivity index (χ0v) is 10.8. The lowest BCUT2D eigenvalue weighted by atomic mass is 9.62. The average molecular weight is 232 g/mol. The fourth-order valence-electron chi connectivity index (χ4n) is 4.33. The summed E-state index contributed by atoms with van der Waals surface area (Å²) >= 11 is 0. The Morgan fingerprint density at radius 2 is 2.24 bits per heavy atom. The lowest BCUT2D eigenvalue weighted by Gasteiger charge is -2.39. The molecule has 5 atom stereocenters. The van der Waals surface area contributed by atoms with Crippen molar-refractivity contribution in [3.05, 3.63) is 23.2 Å². The van der Waals surface area contributed by atoms with Gasteiger partial charge in [0, 0.05) is 17.9 Å². The molecular weight excluding hydrogens is 212 g/mol. The first-order valence-corrected chi connectivity index (χ1v) is 6.85. The van der Waals surface area contributed by atoms with Crippen LogP contribution < -0.4 is 0 Å². The van der Waals surface area contributed by atoms with Crippen molar-refractivity contribution in [1.29, 1.82) is 0 Å². The van der Waals surface area contributed by atoms with E-state index in [-0.39, 0.29) is 5.60 Å². The van der Waals surface area contributed by atoms with Crippen LogP contribution in [0.15, 0.2) is 10.7 Å². The first kappa shape index (κ1) is 10.2. The molecule has 4 rings (SSSR count). The minimum Gasteiger partial charge on any atom is -0.469 e. The van der Waals surface area contributed by atoms with E-state index in [1.807, 2.05) is 6.26 Å². The molecule has 2 aliphatic carbocycles. The molecule has 2 fully saturated rings. The largest absolute Gasteiger partial charge is 0.469 e. The summed E-state index contributed by atoms with van der Waals surface area (Å²) in [5.74, 6) is 3.38. The second-order valence-corrected chi connectivity index (χ2v) is 6.52. The van der Waals surface area contributed by atoms with Crippen LogP contribution in [-0.2, 0) is 11.2 Å². The summed E-state index contributed by atoms with van der Waals surface area (Å²) in [5, 5.41) is 0. The minimum atomic E-state index is 0.180. The second kappa shape index (κ2) is 2.97. The molecule has 2 nitrogen and oxygen atoms in total. The molecule has 1 saturated carbocycles. The monoisotopic (exact) mass is 232 g/mol. The summed E-state index contributed by atoms with van der Waals surface area (Å²) in [6, 6.07) is 0. The molecule has 2 heterocycles. The Hall–Kier alpha value is -0.760. The van der Waals surface area contributed by atoms with Crippen molar-refractivity contribution < 1.29 is 9.15 Å². The Morgan fingerprint density at radius 3 is 3.06 bits per heavy atom. The van der Waals surface area contributed by atoms with Crippen molar-refractivity contribution in [2.45, 2.75) is 57.7 Å². The van der Waals surface area contributed by atoms with E-state index in [2.05, 4.69) is 20.8 Å². The molecular formula is C15H20O2. The molecule has 0 unspecified atom stereocenters. The first-order valence-electron chi connectivity index (χ1n) is 6.85. The number of hydrogen-bond acceptors (Lipinski definition) is 2. The fourth-order valence-corrected chi connectivity index (χ4v) is 4.33. The molecule has 1 aromatic heterocycles. The van der Waals surface area contributed by atoms with Crippen LogP contribution in [0.1, 0.15) is 49.5 Å². The molecule has 0 aromatic carbocycles. The van der Waals surface area contributed by atoms with Gasteiger partial charge >= 0.3 is 0 Å². The molecule has 0 radical (unpaired) electrons. The number of rotatable bonds is 0. The molecule has 1 aliphatic heterocycles. The van der Waals surface area contributed by atoms with E-state index in [1.54, 1.807) is 0 Å². The number of aryl methyl sites for hydroxylation is 1. The molecule has 92 valence electrons. The highest BCUT2D eigenvalue weighted by Gasteiger charge is 2.63. The van der Waals surface area contributed by atoms with Gasteiger partial charge < -0.3 is 9.15 Å². The van der Waals surface area contributed by atoms with Gasteiger partial charge in [-0.3, -0.25) is 0 Å². The topological polar surface area (TPSA) is 25.7 Å². The van der Waals surface area contributed by atoms with E-state index in [0.29, 0.717) is 12.0 Å². The quantitative estimate of drug-likeness (QED) is 0.640. The smallest absolute Gasteiger partial charge is 0.107 e. The average Bonchev–Trinajstić information content (AvgIpc) is 2.86. The lowest BCUT2D eigenvalue weighted by Crippen LogP contribution is -2.37. The van der Waals surface area contributed by atoms with Crippen LogP contribution in [0, 0.1) is 18.8 Å². The highest BCUT2D eigenvalue weighted by atomic mass is 16.6. The van der Waals surface area contributed by atoms with Gasteiger partial charge in [-0.2, -0.15) is 0 Å². The van der Waals surface area contributed by atoms with Gasteiger partial charge in [0.25, 0.3) is 0 Å². The molecule has 2 heteroatoms. The summed E-state index contributed by atoms with van der Waals surface area (Å²) < 4.78 is 11.8. The van der Waals surface area contributed by atoms with Crippen molar-refractivity contribution in [1.82, 2.24) is 0 Å². The molecule has 0 N–H and O–H groups in total. The Balaban J connectivity index is 1.83. The standard InChI is InChI=1S/C15H20O2/c1-8-6-11-12(9(2)7-16-11)13-10(8)4-5-15(3)14(13)17-15/h7-8,10,13-14H,4-6H2,1-3H3/t8-,10+,13+,14+,15-/m0/s1. The van der Waals surface area contributed by atoms with Gasteiger partial charge in [-0.1, -0.05) is 6.92 Å². The molecule has 0 spiro atoms. The Labute approximate surface area is 102 Å². The van der Waals surface area contributed by atoms with Crippen LogP contribution in [0.4, 0.5) is 0 Å². The number of epoxide rings is 1. The van der Waals surface area contributed by atoms with E-state index in [4.69, 9.17) is 9.15 Å². The lowest BCUT2D eigenvalue weighted by molar-refractivity contribution is 0.199. The van der Waals surface area contributed by atoms with Crippen molar-refractivity contribution in [2.75, 3.05) is 0 Å². The maximum Gasteiger partial charge on any atom is 0.107 e. The summed E-state index contributed by atoms with van der Waals surface area (Å²) in [6.07, 6.45) is 6.08. The minimum absolute atomic E-state index is 0.180. The SMILES string of the molecule is Cc1coc2c1[C@H]1[C@H](CC[C@]3(C)O[C@H]13)[C@@H](C)C2. The number of hydrogen-bond donors (Lipinski definition) is 0. The summed E-state index contributed by atoms with van der Waals surface area (Å²) in [6.45, 7) is 6.84. The van der Waals surface area contributed by atoms with E-state index in [0.717, 1.165) is 18.3 Å². The predicted molar refractivity (Wildman–Crippen MR) is 65.1 cm³/mol. The van der Waals surface area contributed by atoms with Crippen molar-refractivity contribution in [3.63, 3.8) is 0 Å². The zero-order chi connectivity index (χ0) is 11.8. The summed E-state index contributed by atoms with van der Waals surface area (Å²) in [4.78, 5) is 0. The molecule has 3 aliphatic rings. The van der Waals surface area contributed by atoms with Crippen LogP contribution in [0.25, 0.3) is 0 Å². The summed E-state index contributed by atoms with van der Waals surface area (Å²) in [7, 11) is 0. The van der Waals surface area contributed by atoms with Gasteiger partial charge in [0.2, 0.25) is 0 Å². The molecule has 0 amide bonds. The van der Waals surface area contributed by atoms with Crippen molar-refractivity contribution in [3.8, 4) is 0 Å². The van der Waals surface area contributed by atoms with Crippen LogP contribution in [0.5, 0.6) is 0 Å². The van der Waals surface area contributed by atoms with E-state index in [1.165, 1.54) is 29.7 Å². The van der Waals surface area contributed by atoms with Crippen LogP contribution in [0.3, 0.4) is 0 Å². The van der Waals surface area contributed by atoms with Gasteiger partial charge in [-0.15, -0.1) is 0 Å². The predicted octanol–water partition coefficient (Wildman–Crippen LogP) is 3.43. The van der Waals surface area contributed by atoms with Gasteiger partial charge in [-0.25, -0.2) is 0 Å². The third-order valence-electron chi connectivity index (χ3n) is 5.38. The Morgan fingerprint density at radius 1 is 1.41 bits per heavy atom. The van der Waals surface area contributed by atoms with Crippen LogP contribution in [0.2, 0.25) is 0 Å². The van der Waals surface area contributed by atoms with Crippen LogP contribution in [-0.4, -0.2) is 11.7 Å². The Kier molecular flexibility index (Phi) is 1.78. The fraction of sp³-hybridized carbons (Fsp3) is 0.733. The number of furan rings is 1. The van der Waals surface area contributed by atoms with Gasteiger partial charge in [0.05, 0.1) is 18.0 Å². The molecule has 1 saturated heterocycles.